The van der Waals surface area contributed by atoms with Gasteiger partial charge in [0.2, 0.25) is 0 Å². The van der Waals surface area contributed by atoms with Crippen molar-refractivity contribution in [1.29, 1.82) is 0 Å². The summed E-state index contributed by atoms with van der Waals surface area (Å²) < 4.78 is 0. The molecule has 108 valence electrons. The van der Waals surface area contributed by atoms with Gasteiger partial charge in [-0.1, -0.05) is 43.3 Å². The summed E-state index contributed by atoms with van der Waals surface area (Å²) >= 11 is 0. The van der Waals surface area contributed by atoms with Gasteiger partial charge in [0.1, 0.15) is 0 Å². The Hall–Kier alpha value is -2.69. The van der Waals surface area contributed by atoms with Crippen molar-refractivity contribution in [1.82, 2.24) is 0 Å². The van der Waals surface area contributed by atoms with Crippen LogP contribution in [0.4, 0.5) is 5.69 Å². The molecule has 0 amide bonds. The minimum Gasteiger partial charge on any atom is -0.481 e. The summed E-state index contributed by atoms with van der Waals surface area (Å²) in [5, 5.41) is 20.5. The van der Waals surface area contributed by atoms with Crippen LogP contribution >= 0.6 is 0 Å². The first kappa shape index (κ1) is 14.7. The fourth-order valence-electron chi connectivity index (χ4n) is 2.33. The molecule has 5 nitrogen and oxygen atoms in total. The standard InChI is InChI=1S/C16H15NO4/c1-2-13(16(18)19)12-8-9-14(15(10-12)17(20)21)11-6-4-3-5-7-11/h3-10,13H,2H2,1H3,(H,18,19). The molecule has 0 bridgehead atoms. The largest absolute Gasteiger partial charge is 0.481 e. The van der Waals surface area contributed by atoms with Crippen LogP contribution in [0.5, 0.6) is 0 Å². The molecule has 0 aliphatic carbocycles. The molecule has 0 radical (unpaired) electrons. The van der Waals surface area contributed by atoms with Crippen molar-refractivity contribution in [2.45, 2.75) is 19.3 Å². The second-order valence-corrected chi connectivity index (χ2v) is 4.70. The Kier molecular flexibility index (Phi) is 4.33. The monoisotopic (exact) mass is 285 g/mol. The molecule has 0 aliphatic rings. The Morgan fingerprint density at radius 3 is 2.43 bits per heavy atom. The van der Waals surface area contributed by atoms with Gasteiger partial charge >= 0.3 is 5.97 Å². The third-order valence-corrected chi connectivity index (χ3v) is 3.41. The highest BCUT2D eigenvalue weighted by Crippen LogP contribution is 2.33. The van der Waals surface area contributed by atoms with E-state index in [-0.39, 0.29) is 5.69 Å². The Morgan fingerprint density at radius 2 is 1.90 bits per heavy atom. The third-order valence-electron chi connectivity index (χ3n) is 3.41. The summed E-state index contributed by atoms with van der Waals surface area (Å²) in [7, 11) is 0. The molecule has 2 aromatic rings. The second kappa shape index (κ2) is 6.17. The lowest BCUT2D eigenvalue weighted by molar-refractivity contribution is -0.384. The maximum atomic E-state index is 11.3. The summed E-state index contributed by atoms with van der Waals surface area (Å²) in [5.41, 5.74) is 1.61. The number of carbonyl (C=O) groups is 1. The van der Waals surface area contributed by atoms with Gasteiger partial charge in [0, 0.05) is 6.07 Å². The van der Waals surface area contributed by atoms with Crippen molar-refractivity contribution in [2.75, 3.05) is 0 Å². The number of nitro benzene ring substituents is 1. The van der Waals surface area contributed by atoms with E-state index in [1.54, 1.807) is 43.3 Å². The molecular weight excluding hydrogens is 270 g/mol. The molecule has 0 fully saturated rings. The number of hydrogen-bond donors (Lipinski definition) is 1. The van der Waals surface area contributed by atoms with E-state index in [0.29, 0.717) is 17.5 Å². The smallest absolute Gasteiger partial charge is 0.310 e. The Balaban J connectivity index is 2.55. The molecule has 2 rings (SSSR count). The van der Waals surface area contributed by atoms with Gasteiger partial charge in [0.05, 0.1) is 16.4 Å². The number of benzene rings is 2. The van der Waals surface area contributed by atoms with Crippen molar-refractivity contribution >= 4 is 11.7 Å². The van der Waals surface area contributed by atoms with Gasteiger partial charge in [-0.3, -0.25) is 14.9 Å². The Morgan fingerprint density at radius 1 is 1.24 bits per heavy atom. The summed E-state index contributed by atoms with van der Waals surface area (Å²) in [5.74, 6) is -1.70. The molecule has 0 saturated carbocycles. The first-order valence-corrected chi connectivity index (χ1v) is 6.61. The van der Waals surface area contributed by atoms with Crippen LogP contribution in [0.25, 0.3) is 11.1 Å². The van der Waals surface area contributed by atoms with Crippen LogP contribution in [0.15, 0.2) is 48.5 Å². The van der Waals surface area contributed by atoms with Gasteiger partial charge in [-0.25, -0.2) is 0 Å². The van der Waals surface area contributed by atoms with Crippen LogP contribution in [-0.2, 0) is 4.79 Å². The molecule has 0 saturated heterocycles. The van der Waals surface area contributed by atoms with Crippen molar-refractivity contribution < 1.29 is 14.8 Å². The van der Waals surface area contributed by atoms with Crippen molar-refractivity contribution in [2.24, 2.45) is 0 Å². The quantitative estimate of drug-likeness (QED) is 0.668. The Labute approximate surface area is 122 Å². The van der Waals surface area contributed by atoms with Crippen molar-refractivity contribution in [3.05, 3.63) is 64.2 Å². The summed E-state index contributed by atoms with van der Waals surface area (Å²) in [6.07, 6.45) is 0.386. The molecule has 1 unspecified atom stereocenters. The van der Waals surface area contributed by atoms with Gasteiger partial charge in [-0.15, -0.1) is 0 Å². The number of rotatable bonds is 5. The third kappa shape index (κ3) is 3.08. The fraction of sp³-hybridized carbons (Fsp3) is 0.188. The second-order valence-electron chi connectivity index (χ2n) is 4.70. The number of carboxylic acids is 1. The molecule has 1 atom stereocenters. The van der Waals surface area contributed by atoms with Crippen LogP contribution in [0.1, 0.15) is 24.8 Å². The molecule has 21 heavy (non-hydrogen) atoms. The van der Waals surface area contributed by atoms with E-state index in [2.05, 4.69) is 0 Å². The lowest BCUT2D eigenvalue weighted by Crippen LogP contribution is -2.10. The first-order valence-electron chi connectivity index (χ1n) is 6.61. The van der Waals surface area contributed by atoms with Gasteiger partial charge in [-0.05, 0) is 23.6 Å². The number of nitro groups is 1. The number of carboxylic acid groups (broad SMARTS) is 1. The number of nitrogens with zero attached hydrogens (tertiary/aromatic N) is 1. The molecule has 1 N–H and O–H groups in total. The summed E-state index contributed by atoms with van der Waals surface area (Å²) in [6, 6.07) is 13.7. The lowest BCUT2D eigenvalue weighted by atomic mass is 9.93. The number of hydrogen-bond acceptors (Lipinski definition) is 3. The zero-order valence-electron chi connectivity index (χ0n) is 11.5. The molecule has 0 aromatic heterocycles. The van der Waals surface area contributed by atoms with Gasteiger partial charge in [-0.2, -0.15) is 0 Å². The molecule has 2 aromatic carbocycles. The average Bonchev–Trinajstić information content (AvgIpc) is 2.48. The van der Waals surface area contributed by atoms with E-state index in [4.69, 9.17) is 0 Å². The van der Waals surface area contributed by atoms with Crippen molar-refractivity contribution in [3.63, 3.8) is 0 Å². The van der Waals surface area contributed by atoms with Gasteiger partial charge in [0.25, 0.3) is 5.69 Å². The maximum absolute atomic E-state index is 11.3. The van der Waals surface area contributed by atoms with Crippen LogP contribution in [0.2, 0.25) is 0 Å². The molecular formula is C16H15NO4. The van der Waals surface area contributed by atoms with E-state index < -0.39 is 16.8 Å². The summed E-state index contributed by atoms with van der Waals surface area (Å²) in [6.45, 7) is 1.75. The van der Waals surface area contributed by atoms with Crippen LogP contribution in [0, 0.1) is 10.1 Å². The molecule has 0 spiro atoms. The minimum atomic E-state index is -0.973. The molecule has 0 heterocycles. The van der Waals surface area contributed by atoms with E-state index >= 15 is 0 Å². The highest BCUT2D eigenvalue weighted by Gasteiger charge is 2.22. The predicted octanol–water partition coefficient (Wildman–Crippen LogP) is 3.84. The summed E-state index contributed by atoms with van der Waals surface area (Å²) in [4.78, 5) is 22.0. The van der Waals surface area contributed by atoms with E-state index in [0.717, 1.165) is 5.56 Å². The van der Waals surface area contributed by atoms with E-state index in [1.807, 2.05) is 6.07 Å². The molecule has 0 aliphatic heterocycles. The maximum Gasteiger partial charge on any atom is 0.310 e. The Bertz CT molecular complexity index is 667. The lowest BCUT2D eigenvalue weighted by Gasteiger charge is -2.11. The first-order chi connectivity index (χ1) is 10.0. The van der Waals surface area contributed by atoms with E-state index in [1.165, 1.54) is 6.07 Å². The zero-order valence-corrected chi connectivity index (χ0v) is 11.5. The average molecular weight is 285 g/mol. The van der Waals surface area contributed by atoms with Crippen LogP contribution in [0.3, 0.4) is 0 Å². The van der Waals surface area contributed by atoms with Gasteiger partial charge in [0.15, 0.2) is 0 Å². The highest BCUT2D eigenvalue weighted by molar-refractivity contribution is 5.79. The number of aliphatic carboxylic acids is 1. The van der Waals surface area contributed by atoms with Gasteiger partial charge < -0.3 is 5.11 Å². The van der Waals surface area contributed by atoms with E-state index in [9.17, 15) is 20.0 Å². The van der Waals surface area contributed by atoms with Crippen LogP contribution in [-0.4, -0.2) is 16.0 Å². The van der Waals surface area contributed by atoms with Crippen LogP contribution < -0.4 is 0 Å². The molecule has 5 heteroatoms. The normalized spacial score (nSPS) is 11.9. The van der Waals surface area contributed by atoms with Crippen molar-refractivity contribution in [3.8, 4) is 11.1 Å². The SMILES string of the molecule is CCC(C(=O)O)c1ccc(-c2ccccc2)c([N+](=O)[O-])c1. The predicted molar refractivity (Wildman–Crippen MR) is 79.2 cm³/mol. The minimum absolute atomic E-state index is 0.0709. The zero-order chi connectivity index (χ0) is 15.4. The highest BCUT2D eigenvalue weighted by atomic mass is 16.6. The topological polar surface area (TPSA) is 80.4 Å². The fourth-order valence-corrected chi connectivity index (χ4v) is 2.33.